The molecule has 22 heavy (non-hydrogen) atoms. The number of para-hydroxylation sites is 1. The Bertz CT molecular complexity index is 812. The van der Waals surface area contributed by atoms with Crippen molar-refractivity contribution in [2.75, 3.05) is 18.6 Å². The zero-order valence-corrected chi connectivity index (χ0v) is 13.2. The number of fused-ring (bicyclic) bond motifs is 1. The molecule has 2 heterocycles. The molecule has 1 fully saturated rings. The molecule has 5 nitrogen and oxygen atoms in total. The van der Waals surface area contributed by atoms with Gasteiger partial charge in [0.05, 0.1) is 23.4 Å². The van der Waals surface area contributed by atoms with Crippen LogP contribution >= 0.6 is 0 Å². The predicted octanol–water partition coefficient (Wildman–Crippen LogP) is 1.42. The number of sulfone groups is 1. The van der Waals surface area contributed by atoms with Gasteiger partial charge in [-0.15, -0.1) is 0 Å². The second kappa shape index (κ2) is 5.68. The summed E-state index contributed by atoms with van der Waals surface area (Å²) in [5, 5.41) is 0.999. The number of benzene rings is 1. The second-order valence-electron chi connectivity index (χ2n) is 5.73. The molecular formula is C16H18N2O3S. The van der Waals surface area contributed by atoms with Crippen molar-refractivity contribution in [2.45, 2.75) is 18.9 Å². The minimum atomic E-state index is -2.99. The number of carbonyl (C=O) groups excluding carboxylic acids is 1. The van der Waals surface area contributed by atoms with Crippen LogP contribution in [0.4, 0.5) is 0 Å². The van der Waals surface area contributed by atoms with Crippen LogP contribution in [0.3, 0.4) is 0 Å². The van der Waals surface area contributed by atoms with Crippen molar-refractivity contribution >= 4 is 26.6 Å². The summed E-state index contributed by atoms with van der Waals surface area (Å²) in [6.45, 7) is 0. The Hall–Kier alpha value is -1.95. The fraction of sp³-hybridized carbons (Fsp3) is 0.375. The van der Waals surface area contributed by atoms with Gasteiger partial charge in [0.2, 0.25) is 5.91 Å². The number of aromatic nitrogens is 1. The standard InChI is InChI=1S/C16H18N2O3S/c1-18(14-7-9-22(20,21)11-14)15(19)10-13-5-2-4-12-6-3-8-17-16(12)13/h2-6,8,14H,7,9-11H2,1H3. The van der Waals surface area contributed by atoms with E-state index in [-0.39, 0.29) is 29.9 Å². The van der Waals surface area contributed by atoms with Gasteiger partial charge in [-0.3, -0.25) is 9.78 Å². The maximum absolute atomic E-state index is 12.5. The van der Waals surface area contributed by atoms with Crippen molar-refractivity contribution in [2.24, 2.45) is 0 Å². The average Bonchev–Trinajstić information content (AvgIpc) is 2.87. The van der Waals surface area contributed by atoms with Gasteiger partial charge in [0, 0.05) is 24.7 Å². The third-order valence-corrected chi connectivity index (χ3v) is 5.96. The maximum Gasteiger partial charge on any atom is 0.227 e. The Kier molecular flexibility index (Phi) is 3.87. The lowest BCUT2D eigenvalue weighted by Gasteiger charge is -2.23. The Morgan fingerprint density at radius 3 is 2.82 bits per heavy atom. The molecule has 2 aromatic rings. The molecule has 0 N–H and O–H groups in total. The first-order valence-electron chi connectivity index (χ1n) is 7.25. The summed E-state index contributed by atoms with van der Waals surface area (Å²) in [6, 6.07) is 9.39. The number of nitrogens with zero attached hydrogens (tertiary/aromatic N) is 2. The van der Waals surface area contributed by atoms with Gasteiger partial charge in [0.15, 0.2) is 9.84 Å². The number of amides is 1. The Labute approximate surface area is 129 Å². The van der Waals surface area contributed by atoms with Gasteiger partial charge in [-0.05, 0) is 18.1 Å². The van der Waals surface area contributed by atoms with Crippen LogP contribution < -0.4 is 0 Å². The summed E-state index contributed by atoms with van der Waals surface area (Å²) in [5.74, 6) is 0.175. The third kappa shape index (κ3) is 2.97. The van der Waals surface area contributed by atoms with Crippen molar-refractivity contribution in [3.8, 4) is 0 Å². The molecule has 1 atom stereocenters. The molecule has 3 rings (SSSR count). The molecule has 0 spiro atoms. The Balaban J connectivity index is 1.79. The molecule has 1 unspecified atom stereocenters. The molecule has 1 aromatic heterocycles. The highest BCUT2D eigenvalue weighted by Gasteiger charge is 2.32. The van der Waals surface area contributed by atoms with Gasteiger partial charge in [0.25, 0.3) is 0 Å². The van der Waals surface area contributed by atoms with Gasteiger partial charge < -0.3 is 4.90 Å². The summed E-state index contributed by atoms with van der Waals surface area (Å²) in [4.78, 5) is 18.4. The number of rotatable bonds is 3. The van der Waals surface area contributed by atoms with Crippen LogP contribution in [0.15, 0.2) is 36.5 Å². The van der Waals surface area contributed by atoms with Gasteiger partial charge in [0.1, 0.15) is 0 Å². The number of pyridine rings is 1. The van der Waals surface area contributed by atoms with E-state index in [0.717, 1.165) is 16.5 Å². The fourth-order valence-corrected chi connectivity index (χ4v) is 4.66. The fourth-order valence-electron chi connectivity index (χ4n) is 2.88. The summed E-state index contributed by atoms with van der Waals surface area (Å²) in [7, 11) is -1.30. The summed E-state index contributed by atoms with van der Waals surface area (Å²) < 4.78 is 23.1. The topological polar surface area (TPSA) is 67.3 Å². The van der Waals surface area contributed by atoms with Crippen LogP contribution in [-0.2, 0) is 21.1 Å². The van der Waals surface area contributed by atoms with E-state index >= 15 is 0 Å². The van der Waals surface area contributed by atoms with E-state index < -0.39 is 9.84 Å². The summed E-state index contributed by atoms with van der Waals surface area (Å²) in [5.41, 5.74) is 1.70. The van der Waals surface area contributed by atoms with Crippen molar-refractivity contribution in [1.82, 2.24) is 9.88 Å². The number of carbonyl (C=O) groups is 1. The van der Waals surface area contributed by atoms with E-state index in [2.05, 4.69) is 4.98 Å². The molecular weight excluding hydrogens is 300 g/mol. The average molecular weight is 318 g/mol. The highest BCUT2D eigenvalue weighted by Crippen LogP contribution is 2.20. The van der Waals surface area contributed by atoms with Crippen LogP contribution in [0, 0.1) is 0 Å². The van der Waals surface area contributed by atoms with Crippen molar-refractivity contribution < 1.29 is 13.2 Å². The lowest BCUT2D eigenvalue weighted by atomic mass is 10.1. The molecule has 1 amide bonds. The van der Waals surface area contributed by atoms with Crippen LogP contribution in [0.1, 0.15) is 12.0 Å². The highest BCUT2D eigenvalue weighted by atomic mass is 32.2. The Morgan fingerprint density at radius 2 is 2.09 bits per heavy atom. The molecule has 0 aliphatic carbocycles. The van der Waals surface area contributed by atoms with Crippen molar-refractivity contribution in [3.05, 3.63) is 42.1 Å². The van der Waals surface area contributed by atoms with Gasteiger partial charge >= 0.3 is 0 Å². The minimum Gasteiger partial charge on any atom is -0.341 e. The first kappa shape index (κ1) is 15.0. The van der Waals surface area contributed by atoms with E-state index in [4.69, 9.17) is 0 Å². The monoisotopic (exact) mass is 318 g/mol. The van der Waals surface area contributed by atoms with Crippen LogP contribution in [0.5, 0.6) is 0 Å². The normalized spacial score (nSPS) is 20.1. The molecule has 116 valence electrons. The molecule has 0 saturated carbocycles. The number of hydrogen-bond acceptors (Lipinski definition) is 4. The summed E-state index contributed by atoms with van der Waals surface area (Å²) >= 11 is 0. The molecule has 1 aliphatic rings. The van der Waals surface area contributed by atoms with E-state index in [0.29, 0.717) is 6.42 Å². The number of hydrogen-bond donors (Lipinski definition) is 0. The SMILES string of the molecule is CN(C(=O)Cc1cccc2cccnc12)C1CCS(=O)(=O)C1. The van der Waals surface area contributed by atoms with E-state index in [1.807, 2.05) is 30.3 Å². The van der Waals surface area contributed by atoms with Crippen LogP contribution in [0.2, 0.25) is 0 Å². The van der Waals surface area contributed by atoms with Gasteiger partial charge in [-0.1, -0.05) is 24.3 Å². The summed E-state index contributed by atoms with van der Waals surface area (Å²) in [6.07, 6.45) is 2.48. The minimum absolute atomic E-state index is 0.0692. The Morgan fingerprint density at radius 1 is 1.32 bits per heavy atom. The molecule has 6 heteroatoms. The molecule has 1 aliphatic heterocycles. The third-order valence-electron chi connectivity index (χ3n) is 4.21. The number of likely N-dealkylation sites (N-methyl/N-ethyl adjacent to an activating group) is 1. The molecule has 0 radical (unpaired) electrons. The van der Waals surface area contributed by atoms with Crippen LogP contribution in [-0.4, -0.2) is 48.8 Å². The van der Waals surface area contributed by atoms with E-state index in [1.54, 1.807) is 18.1 Å². The van der Waals surface area contributed by atoms with Crippen molar-refractivity contribution in [1.29, 1.82) is 0 Å². The first-order valence-corrected chi connectivity index (χ1v) is 9.07. The molecule has 1 aromatic carbocycles. The lowest BCUT2D eigenvalue weighted by Crippen LogP contribution is -2.38. The van der Waals surface area contributed by atoms with Gasteiger partial charge in [-0.25, -0.2) is 8.42 Å². The van der Waals surface area contributed by atoms with Crippen LogP contribution in [0.25, 0.3) is 10.9 Å². The highest BCUT2D eigenvalue weighted by molar-refractivity contribution is 7.91. The zero-order valence-electron chi connectivity index (χ0n) is 12.4. The second-order valence-corrected chi connectivity index (χ2v) is 7.96. The van der Waals surface area contributed by atoms with E-state index in [9.17, 15) is 13.2 Å². The maximum atomic E-state index is 12.5. The molecule has 0 bridgehead atoms. The zero-order chi connectivity index (χ0) is 15.7. The smallest absolute Gasteiger partial charge is 0.227 e. The lowest BCUT2D eigenvalue weighted by molar-refractivity contribution is -0.130. The largest absolute Gasteiger partial charge is 0.341 e. The van der Waals surface area contributed by atoms with Crippen molar-refractivity contribution in [3.63, 3.8) is 0 Å². The quantitative estimate of drug-likeness (QED) is 0.858. The molecule has 1 saturated heterocycles. The van der Waals surface area contributed by atoms with Gasteiger partial charge in [-0.2, -0.15) is 0 Å². The predicted molar refractivity (Wildman–Crippen MR) is 85.3 cm³/mol. The first-order chi connectivity index (χ1) is 10.5. The van der Waals surface area contributed by atoms with E-state index in [1.165, 1.54) is 0 Å².